The van der Waals surface area contributed by atoms with E-state index in [0.29, 0.717) is 12.3 Å². The molecule has 0 amide bonds. The maximum atomic E-state index is 10.5. The number of hydrogen-bond acceptors (Lipinski definition) is 2. The van der Waals surface area contributed by atoms with Crippen molar-refractivity contribution in [3.63, 3.8) is 0 Å². The first-order valence-corrected chi connectivity index (χ1v) is 6.53. The van der Waals surface area contributed by atoms with E-state index in [2.05, 4.69) is 43.4 Å². The van der Waals surface area contributed by atoms with Crippen molar-refractivity contribution >= 4 is 5.97 Å². The van der Waals surface area contributed by atoms with Gasteiger partial charge in [-0.1, -0.05) is 38.1 Å². The number of nitrogens with one attached hydrogen (secondary N) is 1. The normalized spacial score (nSPS) is 12.7. The molecule has 0 saturated heterocycles. The van der Waals surface area contributed by atoms with Crippen molar-refractivity contribution in [2.75, 3.05) is 7.05 Å². The Bertz CT molecular complexity index is 371. The van der Waals surface area contributed by atoms with Gasteiger partial charge in [-0.15, -0.1) is 0 Å². The lowest BCUT2D eigenvalue weighted by atomic mass is 9.96. The van der Waals surface area contributed by atoms with Gasteiger partial charge in [-0.05, 0) is 36.9 Å². The molecule has 0 aliphatic rings. The van der Waals surface area contributed by atoms with Gasteiger partial charge in [0.1, 0.15) is 0 Å². The molecule has 2 N–H and O–H groups in total. The van der Waals surface area contributed by atoms with Crippen LogP contribution in [0.1, 0.15) is 56.2 Å². The number of hydrogen-bond donors (Lipinski definition) is 2. The largest absolute Gasteiger partial charge is 0.481 e. The first-order valence-electron chi connectivity index (χ1n) is 6.53. The van der Waals surface area contributed by atoms with Crippen molar-refractivity contribution < 1.29 is 9.90 Å². The van der Waals surface area contributed by atoms with E-state index in [0.717, 1.165) is 6.42 Å². The highest BCUT2D eigenvalue weighted by Gasteiger charge is 2.10. The Hall–Kier alpha value is -1.35. The SMILES string of the molecule is CNC(CCCC(=O)O)c1ccc(C(C)C)cc1. The zero-order valence-electron chi connectivity index (χ0n) is 11.4. The third kappa shape index (κ3) is 4.49. The fourth-order valence-corrected chi connectivity index (χ4v) is 2.05. The van der Waals surface area contributed by atoms with Crippen molar-refractivity contribution in [1.29, 1.82) is 0 Å². The second-order valence-corrected chi connectivity index (χ2v) is 4.95. The van der Waals surface area contributed by atoms with Gasteiger partial charge in [0.15, 0.2) is 0 Å². The number of benzene rings is 1. The standard InChI is InChI=1S/C15H23NO2/c1-11(2)12-7-9-13(10-8-12)14(16-3)5-4-6-15(17)18/h7-11,14,16H,4-6H2,1-3H3,(H,17,18). The minimum atomic E-state index is -0.722. The van der Waals surface area contributed by atoms with Crippen LogP contribution in [0.25, 0.3) is 0 Å². The first-order chi connectivity index (χ1) is 8.54. The average Bonchev–Trinajstić information content (AvgIpc) is 2.34. The van der Waals surface area contributed by atoms with Gasteiger partial charge in [-0.3, -0.25) is 4.79 Å². The zero-order valence-corrected chi connectivity index (χ0v) is 11.4. The number of rotatable bonds is 7. The van der Waals surface area contributed by atoms with E-state index in [-0.39, 0.29) is 12.5 Å². The Morgan fingerprint density at radius 1 is 1.22 bits per heavy atom. The molecule has 1 unspecified atom stereocenters. The highest BCUT2D eigenvalue weighted by molar-refractivity contribution is 5.66. The molecule has 0 aliphatic carbocycles. The molecule has 0 fully saturated rings. The van der Waals surface area contributed by atoms with E-state index < -0.39 is 5.97 Å². The first kappa shape index (κ1) is 14.7. The van der Waals surface area contributed by atoms with E-state index in [4.69, 9.17) is 5.11 Å². The summed E-state index contributed by atoms with van der Waals surface area (Å²) in [6, 6.07) is 8.82. The Labute approximate surface area is 109 Å². The Balaban J connectivity index is 2.61. The van der Waals surface area contributed by atoms with Crippen LogP contribution < -0.4 is 5.32 Å². The summed E-state index contributed by atoms with van der Waals surface area (Å²) < 4.78 is 0. The van der Waals surface area contributed by atoms with Crippen LogP contribution in [0.4, 0.5) is 0 Å². The van der Waals surface area contributed by atoms with Gasteiger partial charge in [-0.25, -0.2) is 0 Å². The summed E-state index contributed by atoms with van der Waals surface area (Å²) in [5, 5.41) is 11.9. The molecular weight excluding hydrogens is 226 g/mol. The molecule has 0 spiro atoms. The van der Waals surface area contributed by atoms with Gasteiger partial charge in [0.05, 0.1) is 0 Å². The predicted molar refractivity (Wildman–Crippen MR) is 73.8 cm³/mol. The monoisotopic (exact) mass is 249 g/mol. The van der Waals surface area contributed by atoms with Crippen molar-refractivity contribution in [1.82, 2.24) is 5.32 Å². The van der Waals surface area contributed by atoms with Gasteiger partial charge >= 0.3 is 5.97 Å². The molecule has 3 nitrogen and oxygen atoms in total. The highest BCUT2D eigenvalue weighted by Crippen LogP contribution is 2.22. The summed E-state index contributed by atoms with van der Waals surface area (Å²) in [6.07, 6.45) is 1.79. The summed E-state index contributed by atoms with van der Waals surface area (Å²) in [5.74, 6) is -0.181. The summed E-state index contributed by atoms with van der Waals surface area (Å²) in [5.41, 5.74) is 2.56. The van der Waals surface area contributed by atoms with Gasteiger partial charge in [0.25, 0.3) is 0 Å². The van der Waals surface area contributed by atoms with Crippen LogP contribution >= 0.6 is 0 Å². The fraction of sp³-hybridized carbons (Fsp3) is 0.533. The molecule has 1 atom stereocenters. The molecule has 1 aromatic rings. The molecule has 1 rings (SSSR count). The quantitative estimate of drug-likeness (QED) is 0.779. The van der Waals surface area contributed by atoms with Crippen LogP contribution in [-0.2, 0) is 4.79 Å². The van der Waals surface area contributed by atoms with Crippen LogP contribution in [0.5, 0.6) is 0 Å². The van der Waals surface area contributed by atoms with E-state index >= 15 is 0 Å². The molecule has 0 saturated carbocycles. The van der Waals surface area contributed by atoms with Crippen LogP contribution in [0, 0.1) is 0 Å². The zero-order chi connectivity index (χ0) is 13.5. The molecule has 0 bridgehead atoms. The van der Waals surface area contributed by atoms with Crippen LogP contribution in [-0.4, -0.2) is 18.1 Å². The Morgan fingerprint density at radius 2 is 1.78 bits per heavy atom. The lowest BCUT2D eigenvalue weighted by molar-refractivity contribution is -0.137. The molecule has 0 radical (unpaired) electrons. The lowest BCUT2D eigenvalue weighted by Gasteiger charge is -2.17. The molecule has 0 aliphatic heterocycles. The van der Waals surface area contributed by atoms with Gasteiger partial charge in [0, 0.05) is 12.5 Å². The van der Waals surface area contributed by atoms with Crippen molar-refractivity contribution in [3.8, 4) is 0 Å². The number of carbonyl (C=O) groups is 1. The molecule has 1 aromatic carbocycles. The third-order valence-corrected chi connectivity index (χ3v) is 3.24. The molecule has 3 heteroatoms. The minimum absolute atomic E-state index is 0.238. The Kier molecular flexibility index (Phi) is 5.86. The van der Waals surface area contributed by atoms with E-state index in [9.17, 15) is 4.79 Å². The van der Waals surface area contributed by atoms with Crippen LogP contribution in [0.3, 0.4) is 0 Å². The third-order valence-electron chi connectivity index (χ3n) is 3.24. The molecular formula is C15H23NO2. The summed E-state index contributed by atoms with van der Waals surface area (Å²) in [6.45, 7) is 4.36. The summed E-state index contributed by atoms with van der Waals surface area (Å²) in [4.78, 5) is 10.5. The van der Waals surface area contributed by atoms with Crippen LogP contribution in [0.15, 0.2) is 24.3 Å². The van der Waals surface area contributed by atoms with Crippen molar-refractivity contribution in [2.24, 2.45) is 0 Å². The average molecular weight is 249 g/mol. The number of carboxylic acid groups (broad SMARTS) is 1. The second-order valence-electron chi connectivity index (χ2n) is 4.95. The fourth-order valence-electron chi connectivity index (χ4n) is 2.05. The maximum Gasteiger partial charge on any atom is 0.303 e. The maximum absolute atomic E-state index is 10.5. The lowest BCUT2D eigenvalue weighted by Crippen LogP contribution is -2.16. The molecule has 100 valence electrons. The van der Waals surface area contributed by atoms with E-state index in [1.54, 1.807) is 0 Å². The summed E-state index contributed by atoms with van der Waals surface area (Å²) in [7, 11) is 1.92. The van der Waals surface area contributed by atoms with E-state index in [1.165, 1.54) is 11.1 Å². The molecule has 0 aromatic heterocycles. The number of aliphatic carboxylic acids is 1. The van der Waals surface area contributed by atoms with Crippen molar-refractivity contribution in [3.05, 3.63) is 35.4 Å². The summed E-state index contributed by atoms with van der Waals surface area (Å²) >= 11 is 0. The minimum Gasteiger partial charge on any atom is -0.481 e. The predicted octanol–water partition coefficient (Wildman–Crippen LogP) is 3.33. The van der Waals surface area contributed by atoms with Crippen molar-refractivity contribution in [2.45, 2.75) is 45.1 Å². The highest BCUT2D eigenvalue weighted by atomic mass is 16.4. The van der Waals surface area contributed by atoms with Gasteiger partial charge < -0.3 is 10.4 Å². The topological polar surface area (TPSA) is 49.3 Å². The van der Waals surface area contributed by atoms with E-state index in [1.807, 2.05) is 7.05 Å². The number of carboxylic acids is 1. The molecule has 18 heavy (non-hydrogen) atoms. The smallest absolute Gasteiger partial charge is 0.303 e. The second kappa shape index (κ2) is 7.17. The molecule has 0 heterocycles. The van der Waals surface area contributed by atoms with Gasteiger partial charge in [-0.2, -0.15) is 0 Å². The Morgan fingerprint density at radius 3 is 2.22 bits per heavy atom. The van der Waals surface area contributed by atoms with Gasteiger partial charge in [0.2, 0.25) is 0 Å². The van der Waals surface area contributed by atoms with Crippen LogP contribution in [0.2, 0.25) is 0 Å².